The lowest BCUT2D eigenvalue weighted by molar-refractivity contribution is -0.165. The molecule has 1 aromatic carbocycles. The van der Waals surface area contributed by atoms with Crippen molar-refractivity contribution in [1.29, 1.82) is 0 Å². The van der Waals surface area contributed by atoms with Gasteiger partial charge in [0.05, 0.1) is 18.8 Å². The topological polar surface area (TPSA) is 90.6 Å². The molecular formula is C25H42N2O4Si. The molecule has 1 aliphatic carbocycles. The lowest BCUT2D eigenvalue weighted by Crippen LogP contribution is -2.55. The summed E-state index contributed by atoms with van der Waals surface area (Å²) >= 11 is 0. The Morgan fingerprint density at radius 1 is 1.16 bits per heavy atom. The summed E-state index contributed by atoms with van der Waals surface area (Å²) in [6.07, 6.45) is 5.99. The molecule has 0 aliphatic heterocycles. The van der Waals surface area contributed by atoms with Gasteiger partial charge in [0, 0.05) is 10.2 Å². The highest BCUT2D eigenvalue weighted by Gasteiger charge is 2.36. The number of amides is 1. The van der Waals surface area contributed by atoms with E-state index in [0.717, 1.165) is 28.6 Å². The minimum atomic E-state index is -0.914. The van der Waals surface area contributed by atoms with Crippen molar-refractivity contribution in [3.05, 3.63) is 35.9 Å². The molecule has 180 valence electrons. The Hall–Kier alpha value is -1.70. The third-order valence-corrected chi connectivity index (χ3v) is 8.17. The van der Waals surface area contributed by atoms with Crippen LogP contribution in [0.2, 0.25) is 5.54 Å². The van der Waals surface area contributed by atoms with E-state index in [0.29, 0.717) is 18.9 Å². The van der Waals surface area contributed by atoms with Crippen LogP contribution in [-0.2, 0) is 25.7 Å². The third-order valence-electron chi connectivity index (χ3n) is 6.78. The number of hydrogen-bond donors (Lipinski definition) is 2. The molecule has 32 heavy (non-hydrogen) atoms. The molecule has 2 rings (SSSR count). The minimum absolute atomic E-state index is 0.261. The molecule has 6 nitrogen and oxygen atoms in total. The van der Waals surface area contributed by atoms with Crippen LogP contribution in [0.3, 0.4) is 0 Å². The van der Waals surface area contributed by atoms with Crippen LogP contribution in [0, 0.1) is 5.92 Å². The van der Waals surface area contributed by atoms with Gasteiger partial charge in [0.25, 0.3) is 0 Å². The van der Waals surface area contributed by atoms with Crippen LogP contribution in [0.1, 0.15) is 71.8 Å². The summed E-state index contributed by atoms with van der Waals surface area (Å²) in [5.41, 5.74) is 6.90. The standard InChI is InChI=1S/C25H42N2O4Si/c1-17(30-16-20-13-9-6-10-14-20)22(24(29)31-25(3,4)18(2)32)27-23(28)21(26)15-19-11-7-5-8-12-19/h6,9-10,13-14,17-19,21-22H,5,7-8,11-12,15-16,26H2,1-4,32H3,(H,27,28)/t17?,18?,21?,22-/m1/s1. The van der Waals surface area contributed by atoms with Gasteiger partial charge in [-0.05, 0) is 44.2 Å². The first-order chi connectivity index (χ1) is 15.1. The van der Waals surface area contributed by atoms with Gasteiger partial charge in [-0.25, -0.2) is 4.79 Å². The van der Waals surface area contributed by atoms with Crippen LogP contribution in [-0.4, -0.2) is 45.9 Å². The predicted molar refractivity (Wildman–Crippen MR) is 131 cm³/mol. The lowest BCUT2D eigenvalue weighted by atomic mass is 9.85. The fraction of sp³-hybridized carbons (Fsp3) is 0.680. The molecule has 0 radical (unpaired) electrons. The maximum Gasteiger partial charge on any atom is 0.331 e. The van der Waals surface area contributed by atoms with Gasteiger partial charge in [0.2, 0.25) is 5.91 Å². The van der Waals surface area contributed by atoms with Crippen molar-refractivity contribution < 1.29 is 19.1 Å². The first-order valence-electron chi connectivity index (χ1n) is 12.0. The molecule has 0 bridgehead atoms. The molecule has 0 saturated heterocycles. The summed E-state index contributed by atoms with van der Waals surface area (Å²) in [5.74, 6) is -0.313. The van der Waals surface area contributed by atoms with Crippen molar-refractivity contribution in [2.75, 3.05) is 0 Å². The molecule has 0 spiro atoms. The van der Waals surface area contributed by atoms with E-state index >= 15 is 0 Å². The Bertz CT molecular complexity index is 720. The second kappa shape index (κ2) is 12.5. The molecule has 1 saturated carbocycles. The van der Waals surface area contributed by atoms with E-state index in [1.165, 1.54) is 19.3 Å². The average molecular weight is 463 g/mol. The van der Waals surface area contributed by atoms with Crippen LogP contribution >= 0.6 is 0 Å². The van der Waals surface area contributed by atoms with Crippen molar-refractivity contribution >= 4 is 22.1 Å². The summed E-state index contributed by atoms with van der Waals surface area (Å²) < 4.78 is 11.8. The number of esters is 1. The normalized spacial score (nSPS) is 19.0. The van der Waals surface area contributed by atoms with Gasteiger partial charge in [-0.15, -0.1) is 0 Å². The minimum Gasteiger partial charge on any atom is -0.458 e. The van der Waals surface area contributed by atoms with Crippen LogP contribution in [0.5, 0.6) is 0 Å². The summed E-state index contributed by atoms with van der Waals surface area (Å²) in [6, 6.07) is 8.20. The first-order valence-corrected chi connectivity index (χ1v) is 13.2. The van der Waals surface area contributed by atoms with Crippen LogP contribution in [0.15, 0.2) is 30.3 Å². The van der Waals surface area contributed by atoms with E-state index in [4.69, 9.17) is 15.2 Å². The van der Waals surface area contributed by atoms with Gasteiger partial charge in [-0.1, -0.05) is 69.4 Å². The van der Waals surface area contributed by atoms with Crippen LogP contribution < -0.4 is 11.1 Å². The maximum atomic E-state index is 13.1. The van der Waals surface area contributed by atoms with E-state index in [-0.39, 0.29) is 11.4 Å². The number of nitrogens with one attached hydrogen (secondary N) is 1. The van der Waals surface area contributed by atoms with Crippen molar-refractivity contribution in [2.24, 2.45) is 11.7 Å². The molecule has 1 fully saturated rings. The number of carbonyl (C=O) groups is 2. The smallest absolute Gasteiger partial charge is 0.331 e. The van der Waals surface area contributed by atoms with E-state index < -0.39 is 29.8 Å². The number of carbonyl (C=O) groups excluding carboxylic acids is 2. The Balaban J connectivity index is 2.05. The molecule has 4 atom stereocenters. The monoisotopic (exact) mass is 462 g/mol. The third kappa shape index (κ3) is 8.33. The van der Waals surface area contributed by atoms with Crippen molar-refractivity contribution in [2.45, 2.75) is 102 Å². The quantitative estimate of drug-likeness (QED) is 0.390. The fourth-order valence-electron chi connectivity index (χ4n) is 3.86. The van der Waals surface area contributed by atoms with E-state index in [1.807, 2.05) is 44.2 Å². The molecule has 0 heterocycles. The zero-order valence-corrected chi connectivity index (χ0v) is 22.4. The molecule has 7 heteroatoms. The zero-order chi connectivity index (χ0) is 23.7. The summed E-state index contributed by atoms with van der Waals surface area (Å²) in [5, 5.41) is 2.85. The maximum absolute atomic E-state index is 13.1. The number of hydrogen-bond acceptors (Lipinski definition) is 5. The van der Waals surface area contributed by atoms with Crippen molar-refractivity contribution in [3.63, 3.8) is 0 Å². The van der Waals surface area contributed by atoms with Gasteiger partial charge >= 0.3 is 5.97 Å². The number of rotatable bonds is 11. The Labute approximate surface area is 196 Å². The molecule has 1 aromatic rings. The van der Waals surface area contributed by atoms with Gasteiger partial charge in [-0.2, -0.15) is 0 Å². The van der Waals surface area contributed by atoms with Gasteiger partial charge in [-0.3, -0.25) is 4.79 Å². The summed E-state index contributed by atoms with van der Waals surface area (Å²) in [6.45, 7) is 8.01. The van der Waals surface area contributed by atoms with Crippen LogP contribution in [0.4, 0.5) is 0 Å². The molecule has 3 unspecified atom stereocenters. The number of ether oxygens (including phenoxy) is 2. The molecule has 1 aliphatic rings. The average Bonchev–Trinajstić information content (AvgIpc) is 2.76. The van der Waals surface area contributed by atoms with E-state index in [1.54, 1.807) is 6.92 Å². The van der Waals surface area contributed by atoms with Gasteiger partial charge < -0.3 is 20.5 Å². The van der Waals surface area contributed by atoms with Gasteiger partial charge in [0.15, 0.2) is 6.04 Å². The fourth-order valence-corrected chi connectivity index (χ4v) is 3.97. The lowest BCUT2D eigenvalue weighted by Gasteiger charge is -2.33. The van der Waals surface area contributed by atoms with Crippen molar-refractivity contribution in [1.82, 2.24) is 5.32 Å². The Morgan fingerprint density at radius 3 is 2.38 bits per heavy atom. The SMILES string of the molecule is CC(OCc1ccccc1)[C@@H](NC(=O)C(N)CC1CCCCC1)C(=O)OC(C)(C)C(C)[SiH3]. The van der Waals surface area contributed by atoms with Crippen molar-refractivity contribution in [3.8, 4) is 0 Å². The Kier molecular flexibility index (Phi) is 10.4. The second-order valence-corrected chi connectivity index (χ2v) is 11.7. The Morgan fingerprint density at radius 2 is 1.78 bits per heavy atom. The molecule has 1 amide bonds. The van der Waals surface area contributed by atoms with Gasteiger partial charge in [0.1, 0.15) is 5.60 Å². The number of nitrogens with two attached hydrogens (primary N) is 1. The molecular weight excluding hydrogens is 420 g/mol. The van der Waals surface area contributed by atoms with E-state index in [9.17, 15) is 9.59 Å². The highest BCUT2D eigenvalue weighted by atomic mass is 28.1. The highest BCUT2D eigenvalue weighted by molar-refractivity contribution is 6.12. The predicted octanol–water partition coefficient (Wildman–Crippen LogP) is 2.87. The highest BCUT2D eigenvalue weighted by Crippen LogP contribution is 2.27. The zero-order valence-electron chi connectivity index (χ0n) is 20.4. The summed E-state index contributed by atoms with van der Waals surface area (Å²) in [7, 11) is 0.893. The molecule has 3 N–H and O–H groups in total. The first kappa shape index (κ1) is 26.5. The van der Waals surface area contributed by atoms with E-state index in [2.05, 4.69) is 12.2 Å². The second-order valence-electron chi connectivity index (χ2n) is 10.0. The largest absolute Gasteiger partial charge is 0.458 e. The van der Waals surface area contributed by atoms with Crippen LogP contribution in [0.25, 0.3) is 0 Å². The summed E-state index contributed by atoms with van der Waals surface area (Å²) in [4.78, 5) is 26.0. The number of benzene rings is 1. The molecule has 0 aromatic heterocycles.